The van der Waals surface area contributed by atoms with Crippen LogP contribution in [0.25, 0.3) is 0 Å². The highest BCUT2D eigenvalue weighted by Gasteiger charge is 2.20. The minimum Gasteiger partial charge on any atom is -0.496 e. The van der Waals surface area contributed by atoms with Crippen molar-refractivity contribution in [2.45, 2.75) is 20.0 Å². The van der Waals surface area contributed by atoms with Crippen molar-refractivity contribution in [2.75, 3.05) is 12.4 Å². The number of esters is 1. The first kappa shape index (κ1) is 19.1. The molecule has 1 unspecified atom stereocenters. The zero-order chi connectivity index (χ0) is 18.6. The molecule has 7 heteroatoms. The number of carbonyl (C=O) groups is 2. The number of anilines is 1. The molecule has 2 aromatic carbocycles. The molecule has 0 aliphatic carbocycles. The highest BCUT2D eigenvalue weighted by Crippen LogP contribution is 2.25. The van der Waals surface area contributed by atoms with E-state index in [1.165, 1.54) is 20.1 Å². The summed E-state index contributed by atoms with van der Waals surface area (Å²) in [4.78, 5) is 24.4. The Morgan fingerprint density at radius 3 is 2.48 bits per heavy atom. The van der Waals surface area contributed by atoms with Crippen molar-refractivity contribution in [3.8, 4) is 5.75 Å². The van der Waals surface area contributed by atoms with E-state index in [4.69, 9.17) is 32.7 Å². The average Bonchev–Trinajstić information content (AvgIpc) is 2.57. The number of ether oxygens (including phenoxy) is 2. The molecule has 0 saturated carbocycles. The van der Waals surface area contributed by atoms with Crippen molar-refractivity contribution in [1.82, 2.24) is 0 Å². The number of methoxy groups -OCH3 is 1. The van der Waals surface area contributed by atoms with Gasteiger partial charge in [0.2, 0.25) is 0 Å². The summed E-state index contributed by atoms with van der Waals surface area (Å²) in [6.07, 6.45) is -1.01. The molecule has 0 radical (unpaired) electrons. The normalized spacial score (nSPS) is 11.6. The zero-order valence-electron chi connectivity index (χ0n) is 13.9. The third-order valence-corrected chi connectivity index (χ3v) is 4.03. The molecule has 1 amide bonds. The minimum atomic E-state index is -1.01. The van der Waals surface area contributed by atoms with Gasteiger partial charge in [-0.15, -0.1) is 0 Å². The van der Waals surface area contributed by atoms with Crippen LogP contribution in [0.1, 0.15) is 22.8 Å². The Labute approximate surface area is 155 Å². The smallest absolute Gasteiger partial charge is 0.339 e. The van der Waals surface area contributed by atoms with Crippen molar-refractivity contribution in [3.05, 3.63) is 57.6 Å². The van der Waals surface area contributed by atoms with Crippen molar-refractivity contribution in [2.24, 2.45) is 0 Å². The van der Waals surface area contributed by atoms with Crippen LogP contribution in [0.4, 0.5) is 5.69 Å². The Balaban J connectivity index is 2.04. The van der Waals surface area contributed by atoms with Crippen LogP contribution >= 0.6 is 23.2 Å². The molecule has 5 nitrogen and oxygen atoms in total. The van der Waals surface area contributed by atoms with E-state index in [1.54, 1.807) is 30.3 Å². The van der Waals surface area contributed by atoms with Gasteiger partial charge >= 0.3 is 5.97 Å². The molecule has 0 aliphatic heterocycles. The van der Waals surface area contributed by atoms with E-state index < -0.39 is 18.0 Å². The van der Waals surface area contributed by atoms with Crippen LogP contribution in [0.5, 0.6) is 5.75 Å². The number of aryl methyl sites for hydroxylation is 1. The molecular formula is C18H17Cl2NO4. The molecule has 0 aromatic heterocycles. The van der Waals surface area contributed by atoms with E-state index in [9.17, 15) is 9.59 Å². The third kappa shape index (κ3) is 4.87. The van der Waals surface area contributed by atoms with Gasteiger partial charge in [-0.05, 0) is 49.7 Å². The molecule has 0 bridgehead atoms. The van der Waals surface area contributed by atoms with Gasteiger partial charge in [-0.25, -0.2) is 4.79 Å². The molecule has 2 rings (SSSR count). The maximum atomic E-state index is 12.2. The lowest BCUT2D eigenvalue weighted by Gasteiger charge is -2.15. The zero-order valence-corrected chi connectivity index (χ0v) is 15.4. The monoisotopic (exact) mass is 381 g/mol. The number of hydrogen-bond donors (Lipinski definition) is 1. The number of rotatable bonds is 5. The van der Waals surface area contributed by atoms with Gasteiger partial charge < -0.3 is 14.8 Å². The fourth-order valence-corrected chi connectivity index (χ4v) is 2.51. The quantitative estimate of drug-likeness (QED) is 0.774. The Morgan fingerprint density at radius 1 is 1.12 bits per heavy atom. The van der Waals surface area contributed by atoms with Crippen molar-refractivity contribution < 1.29 is 19.1 Å². The molecular weight excluding hydrogens is 365 g/mol. The van der Waals surface area contributed by atoms with Gasteiger partial charge in [0.25, 0.3) is 5.91 Å². The highest BCUT2D eigenvalue weighted by molar-refractivity contribution is 6.36. The second kappa shape index (κ2) is 8.23. The first-order valence-electron chi connectivity index (χ1n) is 7.43. The van der Waals surface area contributed by atoms with Gasteiger partial charge in [-0.3, -0.25) is 4.79 Å². The van der Waals surface area contributed by atoms with Gasteiger partial charge in [0.15, 0.2) is 6.10 Å². The van der Waals surface area contributed by atoms with Gasteiger partial charge in [0, 0.05) is 5.02 Å². The maximum absolute atomic E-state index is 12.2. The average molecular weight is 382 g/mol. The van der Waals surface area contributed by atoms with E-state index >= 15 is 0 Å². The summed E-state index contributed by atoms with van der Waals surface area (Å²) in [7, 11) is 1.52. The summed E-state index contributed by atoms with van der Waals surface area (Å²) in [6.45, 7) is 3.34. The van der Waals surface area contributed by atoms with E-state index in [1.807, 2.05) is 6.92 Å². The largest absolute Gasteiger partial charge is 0.496 e. The van der Waals surface area contributed by atoms with Gasteiger partial charge in [-0.2, -0.15) is 0 Å². The molecule has 0 aliphatic rings. The fourth-order valence-electron chi connectivity index (χ4n) is 2.05. The SMILES string of the molecule is COc1cc(C(=O)OC(C)C(=O)Nc2ccc(Cl)cc2Cl)ccc1C. The van der Waals surface area contributed by atoms with Crippen LogP contribution in [0, 0.1) is 6.92 Å². The number of amides is 1. The van der Waals surface area contributed by atoms with Crippen molar-refractivity contribution in [3.63, 3.8) is 0 Å². The summed E-state index contributed by atoms with van der Waals surface area (Å²) < 4.78 is 10.4. The Kier molecular flexibility index (Phi) is 6.28. The lowest BCUT2D eigenvalue weighted by atomic mass is 10.1. The van der Waals surface area contributed by atoms with Gasteiger partial charge in [0.05, 0.1) is 23.4 Å². The minimum absolute atomic E-state index is 0.294. The summed E-state index contributed by atoms with van der Waals surface area (Å²) >= 11 is 11.8. The predicted molar refractivity (Wildman–Crippen MR) is 97.7 cm³/mol. The molecule has 25 heavy (non-hydrogen) atoms. The molecule has 1 N–H and O–H groups in total. The molecule has 2 aromatic rings. The maximum Gasteiger partial charge on any atom is 0.339 e. The topological polar surface area (TPSA) is 64.6 Å². The van der Waals surface area contributed by atoms with Gasteiger partial charge in [-0.1, -0.05) is 29.3 Å². The number of nitrogens with one attached hydrogen (secondary N) is 1. The van der Waals surface area contributed by atoms with Crippen LogP contribution in [-0.4, -0.2) is 25.1 Å². The molecule has 1 atom stereocenters. The van der Waals surface area contributed by atoms with Crippen LogP contribution in [0.2, 0.25) is 10.0 Å². The lowest BCUT2D eigenvalue weighted by molar-refractivity contribution is -0.123. The predicted octanol–water partition coefficient (Wildman–Crippen LogP) is 4.49. The van der Waals surface area contributed by atoms with E-state index in [2.05, 4.69) is 5.32 Å². The Morgan fingerprint density at radius 2 is 1.84 bits per heavy atom. The number of carbonyl (C=O) groups excluding carboxylic acids is 2. The first-order valence-corrected chi connectivity index (χ1v) is 8.19. The van der Waals surface area contributed by atoms with E-state index in [0.29, 0.717) is 27.0 Å². The van der Waals surface area contributed by atoms with E-state index in [0.717, 1.165) is 5.56 Å². The highest BCUT2D eigenvalue weighted by atomic mass is 35.5. The number of halogens is 2. The summed E-state index contributed by atoms with van der Waals surface area (Å²) in [5.41, 5.74) is 1.57. The van der Waals surface area contributed by atoms with Crippen LogP contribution in [0.15, 0.2) is 36.4 Å². The fraction of sp³-hybridized carbons (Fsp3) is 0.222. The van der Waals surface area contributed by atoms with Crippen molar-refractivity contribution in [1.29, 1.82) is 0 Å². The van der Waals surface area contributed by atoms with Gasteiger partial charge in [0.1, 0.15) is 5.75 Å². The molecule has 0 saturated heterocycles. The standard InChI is InChI=1S/C18H17Cl2NO4/c1-10-4-5-12(8-16(10)24-3)18(23)25-11(2)17(22)21-15-7-6-13(19)9-14(15)20/h4-9,11H,1-3H3,(H,21,22). The molecule has 132 valence electrons. The Hall–Kier alpha value is -2.24. The molecule has 0 fully saturated rings. The van der Waals surface area contributed by atoms with Crippen molar-refractivity contribution >= 4 is 40.8 Å². The second-order valence-electron chi connectivity index (χ2n) is 5.35. The first-order chi connectivity index (χ1) is 11.8. The molecule has 0 spiro atoms. The summed E-state index contributed by atoms with van der Waals surface area (Å²) in [6, 6.07) is 9.60. The lowest BCUT2D eigenvalue weighted by Crippen LogP contribution is -2.30. The van der Waals surface area contributed by atoms with Crippen LogP contribution in [-0.2, 0) is 9.53 Å². The van der Waals surface area contributed by atoms with Crippen LogP contribution < -0.4 is 10.1 Å². The number of hydrogen-bond acceptors (Lipinski definition) is 4. The third-order valence-electron chi connectivity index (χ3n) is 3.49. The van der Waals surface area contributed by atoms with Crippen LogP contribution in [0.3, 0.4) is 0 Å². The molecule has 0 heterocycles. The summed E-state index contributed by atoms with van der Waals surface area (Å²) in [5, 5.41) is 3.34. The number of benzene rings is 2. The summed E-state index contributed by atoms with van der Waals surface area (Å²) in [5.74, 6) is -0.556. The Bertz CT molecular complexity index is 808. The second-order valence-corrected chi connectivity index (χ2v) is 6.19. The van der Waals surface area contributed by atoms with E-state index in [-0.39, 0.29) is 0 Å².